The van der Waals surface area contributed by atoms with Crippen LogP contribution in [0, 0.1) is 5.92 Å². The Morgan fingerprint density at radius 2 is 1.96 bits per heavy atom. The number of likely N-dealkylation sites (tertiary alicyclic amines) is 1. The topological polar surface area (TPSA) is 91.6 Å². The number of nitrogens with zero attached hydrogens (tertiary/aromatic N) is 2. The SMILES string of the molecule is CS(=O)(=O)NCCN1CCC(Cn2cc(C(=O)O)c3ccccc32)CC1. The molecule has 0 saturated carbocycles. The summed E-state index contributed by atoms with van der Waals surface area (Å²) in [7, 11) is -3.13. The van der Waals surface area contributed by atoms with E-state index < -0.39 is 16.0 Å². The number of para-hydroxylation sites is 1. The van der Waals surface area contributed by atoms with Crippen LogP contribution in [-0.2, 0) is 16.6 Å². The van der Waals surface area contributed by atoms with Crippen molar-refractivity contribution in [3.8, 4) is 0 Å². The number of rotatable bonds is 7. The van der Waals surface area contributed by atoms with Crippen LogP contribution in [0.2, 0.25) is 0 Å². The molecule has 1 aromatic heterocycles. The fourth-order valence-electron chi connectivity index (χ4n) is 3.63. The van der Waals surface area contributed by atoms with Gasteiger partial charge in [-0.2, -0.15) is 0 Å². The summed E-state index contributed by atoms with van der Waals surface area (Å²) in [4.78, 5) is 13.7. The van der Waals surface area contributed by atoms with Crippen molar-refractivity contribution in [2.45, 2.75) is 19.4 Å². The monoisotopic (exact) mass is 379 g/mol. The Bertz CT molecular complexity index is 883. The highest BCUT2D eigenvalue weighted by atomic mass is 32.2. The third-order valence-corrected chi connectivity index (χ3v) is 5.70. The second kappa shape index (κ2) is 7.77. The van der Waals surface area contributed by atoms with Gasteiger partial charge in [-0.1, -0.05) is 18.2 Å². The molecule has 1 aliphatic rings. The van der Waals surface area contributed by atoms with Crippen LogP contribution in [0.1, 0.15) is 23.2 Å². The van der Waals surface area contributed by atoms with E-state index in [-0.39, 0.29) is 0 Å². The summed E-state index contributed by atoms with van der Waals surface area (Å²) in [6.45, 7) is 3.83. The van der Waals surface area contributed by atoms with Gasteiger partial charge in [0.1, 0.15) is 0 Å². The molecule has 1 saturated heterocycles. The van der Waals surface area contributed by atoms with Crippen molar-refractivity contribution in [3.05, 3.63) is 36.0 Å². The van der Waals surface area contributed by atoms with Crippen LogP contribution >= 0.6 is 0 Å². The number of aromatic nitrogens is 1. The minimum absolute atomic E-state index is 0.352. The minimum Gasteiger partial charge on any atom is -0.478 e. The number of carboxylic acid groups (broad SMARTS) is 1. The Kier molecular flexibility index (Phi) is 5.64. The van der Waals surface area contributed by atoms with E-state index in [1.54, 1.807) is 6.20 Å². The summed E-state index contributed by atoms with van der Waals surface area (Å²) in [5.41, 5.74) is 1.31. The Morgan fingerprint density at radius 1 is 1.27 bits per heavy atom. The van der Waals surface area contributed by atoms with Gasteiger partial charge in [0.15, 0.2) is 0 Å². The van der Waals surface area contributed by atoms with Crippen molar-refractivity contribution >= 4 is 26.9 Å². The molecule has 1 aliphatic heterocycles. The highest BCUT2D eigenvalue weighted by Crippen LogP contribution is 2.25. The number of piperidine rings is 1. The highest BCUT2D eigenvalue weighted by Gasteiger charge is 2.21. The van der Waals surface area contributed by atoms with Gasteiger partial charge in [-0.05, 0) is 37.9 Å². The van der Waals surface area contributed by atoms with Crippen LogP contribution in [0.15, 0.2) is 30.5 Å². The molecule has 0 spiro atoms. The van der Waals surface area contributed by atoms with E-state index in [2.05, 4.69) is 14.2 Å². The number of carboxylic acids is 1. The lowest BCUT2D eigenvalue weighted by molar-refractivity contribution is 0.0698. The maximum atomic E-state index is 11.5. The molecule has 2 heterocycles. The third-order valence-electron chi connectivity index (χ3n) is 4.97. The molecule has 8 heteroatoms. The van der Waals surface area contributed by atoms with Gasteiger partial charge in [-0.3, -0.25) is 0 Å². The van der Waals surface area contributed by atoms with Crippen LogP contribution in [-0.4, -0.2) is 61.4 Å². The number of carbonyl (C=O) groups is 1. The molecule has 0 bridgehead atoms. The van der Waals surface area contributed by atoms with Crippen molar-refractivity contribution in [2.75, 3.05) is 32.4 Å². The largest absolute Gasteiger partial charge is 0.478 e. The van der Waals surface area contributed by atoms with Gasteiger partial charge in [0.05, 0.1) is 11.8 Å². The van der Waals surface area contributed by atoms with Crippen molar-refractivity contribution in [1.82, 2.24) is 14.2 Å². The predicted molar refractivity (Wildman–Crippen MR) is 101 cm³/mol. The second-order valence-electron chi connectivity index (χ2n) is 6.97. The first-order valence-electron chi connectivity index (χ1n) is 8.81. The molecular formula is C18H25N3O4S. The van der Waals surface area contributed by atoms with E-state index in [1.165, 1.54) is 6.26 Å². The predicted octanol–water partition coefficient (Wildman–Crippen LogP) is 1.60. The van der Waals surface area contributed by atoms with Gasteiger partial charge in [0, 0.05) is 36.7 Å². The summed E-state index contributed by atoms with van der Waals surface area (Å²) < 4.78 is 26.8. The molecule has 26 heavy (non-hydrogen) atoms. The maximum absolute atomic E-state index is 11.5. The van der Waals surface area contributed by atoms with E-state index in [9.17, 15) is 18.3 Å². The lowest BCUT2D eigenvalue weighted by Crippen LogP contribution is -2.40. The standard InChI is InChI=1S/C18H25N3O4S/c1-26(24,25)19-8-11-20-9-6-14(7-10-20)12-21-13-16(18(22)23)15-4-2-3-5-17(15)21/h2-5,13-14,19H,6-12H2,1H3,(H,22,23). The van der Waals surface area contributed by atoms with Crippen LogP contribution < -0.4 is 4.72 Å². The van der Waals surface area contributed by atoms with Crippen molar-refractivity contribution < 1.29 is 18.3 Å². The van der Waals surface area contributed by atoms with Gasteiger partial charge in [-0.15, -0.1) is 0 Å². The van der Waals surface area contributed by atoms with E-state index in [0.717, 1.165) is 49.9 Å². The van der Waals surface area contributed by atoms with E-state index in [0.29, 0.717) is 18.0 Å². The lowest BCUT2D eigenvalue weighted by atomic mass is 9.96. The number of sulfonamides is 1. The Morgan fingerprint density at radius 3 is 2.62 bits per heavy atom. The van der Waals surface area contributed by atoms with E-state index in [4.69, 9.17) is 0 Å². The zero-order chi connectivity index (χ0) is 18.7. The number of nitrogens with one attached hydrogen (secondary N) is 1. The Balaban J connectivity index is 1.58. The van der Waals surface area contributed by atoms with Gasteiger partial charge < -0.3 is 14.6 Å². The third kappa shape index (κ3) is 4.63. The summed E-state index contributed by atoms with van der Waals surface area (Å²) in [6.07, 6.45) is 4.96. The summed E-state index contributed by atoms with van der Waals surface area (Å²) in [5, 5.41) is 10.2. The van der Waals surface area contributed by atoms with Crippen LogP contribution in [0.3, 0.4) is 0 Å². The number of hydrogen-bond donors (Lipinski definition) is 2. The van der Waals surface area contributed by atoms with Crippen LogP contribution in [0.25, 0.3) is 10.9 Å². The van der Waals surface area contributed by atoms with Gasteiger partial charge >= 0.3 is 5.97 Å². The van der Waals surface area contributed by atoms with E-state index >= 15 is 0 Å². The highest BCUT2D eigenvalue weighted by molar-refractivity contribution is 7.88. The molecule has 2 aromatic rings. The number of fused-ring (bicyclic) bond motifs is 1. The van der Waals surface area contributed by atoms with Gasteiger partial charge in [-0.25, -0.2) is 17.9 Å². The molecule has 1 aromatic carbocycles. The summed E-state index contributed by atoms with van der Waals surface area (Å²) in [6, 6.07) is 7.62. The molecule has 7 nitrogen and oxygen atoms in total. The normalized spacial score (nSPS) is 17.0. The fourth-order valence-corrected chi connectivity index (χ4v) is 4.09. The average Bonchev–Trinajstić information content (AvgIpc) is 2.94. The second-order valence-corrected chi connectivity index (χ2v) is 8.80. The molecule has 0 aliphatic carbocycles. The van der Waals surface area contributed by atoms with Crippen molar-refractivity contribution in [1.29, 1.82) is 0 Å². The smallest absolute Gasteiger partial charge is 0.337 e. The molecule has 3 rings (SSSR count). The maximum Gasteiger partial charge on any atom is 0.337 e. The first-order valence-corrected chi connectivity index (χ1v) is 10.7. The summed E-state index contributed by atoms with van der Waals surface area (Å²) in [5.74, 6) is -0.403. The first kappa shape index (κ1) is 18.9. The quantitative estimate of drug-likeness (QED) is 0.762. The first-order chi connectivity index (χ1) is 12.3. The number of hydrogen-bond acceptors (Lipinski definition) is 4. The van der Waals surface area contributed by atoms with Crippen molar-refractivity contribution in [2.24, 2.45) is 5.92 Å². The zero-order valence-corrected chi connectivity index (χ0v) is 15.7. The zero-order valence-electron chi connectivity index (χ0n) is 14.9. The fraction of sp³-hybridized carbons (Fsp3) is 0.500. The Labute approximate surface area is 153 Å². The minimum atomic E-state index is -3.13. The number of benzene rings is 1. The molecule has 0 amide bonds. The van der Waals surface area contributed by atoms with Crippen LogP contribution in [0.4, 0.5) is 0 Å². The van der Waals surface area contributed by atoms with E-state index in [1.807, 2.05) is 24.3 Å². The van der Waals surface area contributed by atoms with Crippen molar-refractivity contribution in [3.63, 3.8) is 0 Å². The molecule has 1 fully saturated rings. The number of aromatic carboxylic acids is 1. The lowest BCUT2D eigenvalue weighted by Gasteiger charge is -2.32. The molecule has 0 unspecified atom stereocenters. The molecular weight excluding hydrogens is 354 g/mol. The van der Waals surface area contributed by atoms with Gasteiger partial charge in [0.2, 0.25) is 10.0 Å². The molecule has 0 atom stereocenters. The molecule has 0 radical (unpaired) electrons. The Hall–Kier alpha value is -1.90. The molecule has 2 N–H and O–H groups in total. The van der Waals surface area contributed by atoms with Crippen LogP contribution in [0.5, 0.6) is 0 Å². The molecule has 142 valence electrons. The summed E-state index contributed by atoms with van der Waals surface area (Å²) >= 11 is 0. The average molecular weight is 379 g/mol. The van der Waals surface area contributed by atoms with Gasteiger partial charge in [0.25, 0.3) is 0 Å².